The quantitative estimate of drug-likeness (QED) is 0.851. The van der Waals surface area contributed by atoms with Gasteiger partial charge in [-0.05, 0) is 25.5 Å². The van der Waals surface area contributed by atoms with Gasteiger partial charge in [-0.25, -0.2) is 0 Å². The van der Waals surface area contributed by atoms with Gasteiger partial charge in [0.1, 0.15) is 17.3 Å². The molecule has 0 amide bonds. The van der Waals surface area contributed by atoms with Crippen molar-refractivity contribution < 1.29 is 4.74 Å². The Hall–Kier alpha value is -1.88. The lowest BCUT2D eigenvalue weighted by molar-refractivity contribution is 0.304. The van der Waals surface area contributed by atoms with Crippen molar-refractivity contribution in [3.63, 3.8) is 0 Å². The predicted octanol–water partition coefficient (Wildman–Crippen LogP) is 2.42. The minimum atomic E-state index is 0.378. The molecule has 1 heterocycles. The Morgan fingerprint density at radius 1 is 1.47 bits per heavy atom. The molecule has 1 aromatic heterocycles. The van der Waals surface area contributed by atoms with Gasteiger partial charge in [-0.3, -0.25) is 4.68 Å². The number of aromatic nitrogens is 2. The number of rotatable bonds is 5. The maximum absolute atomic E-state index is 5.80. The fourth-order valence-corrected chi connectivity index (χ4v) is 1.85. The molecule has 0 spiro atoms. The van der Waals surface area contributed by atoms with Crippen molar-refractivity contribution in [3.8, 4) is 5.75 Å². The second-order valence-corrected chi connectivity index (χ2v) is 4.78. The van der Waals surface area contributed by atoms with Crippen molar-refractivity contribution in [1.82, 2.24) is 9.78 Å². The van der Waals surface area contributed by atoms with Crippen molar-refractivity contribution in [3.05, 3.63) is 47.3 Å². The molecule has 19 heavy (non-hydrogen) atoms. The summed E-state index contributed by atoms with van der Waals surface area (Å²) in [7, 11) is 0. The Morgan fingerprint density at radius 3 is 2.89 bits per heavy atom. The highest BCUT2D eigenvalue weighted by molar-refractivity contribution is 7.80. The first-order chi connectivity index (χ1) is 9.10. The lowest BCUT2D eigenvalue weighted by Gasteiger charge is -2.09. The highest BCUT2D eigenvalue weighted by Gasteiger charge is 2.05. The van der Waals surface area contributed by atoms with Crippen LogP contribution >= 0.6 is 12.2 Å². The van der Waals surface area contributed by atoms with E-state index in [9.17, 15) is 0 Å². The molecule has 2 N–H and O–H groups in total. The Kier molecular flexibility index (Phi) is 4.16. The van der Waals surface area contributed by atoms with Crippen LogP contribution in [0.5, 0.6) is 5.75 Å². The van der Waals surface area contributed by atoms with Crippen molar-refractivity contribution in [2.45, 2.75) is 27.0 Å². The van der Waals surface area contributed by atoms with Gasteiger partial charge in [-0.15, -0.1) is 0 Å². The molecule has 4 nitrogen and oxygen atoms in total. The highest BCUT2D eigenvalue weighted by Crippen LogP contribution is 2.20. The molecule has 1 aromatic carbocycles. The van der Waals surface area contributed by atoms with E-state index in [1.807, 2.05) is 49.1 Å². The predicted molar refractivity (Wildman–Crippen MR) is 79.3 cm³/mol. The van der Waals surface area contributed by atoms with Gasteiger partial charge in [0.2, 0.25) is 0 Å². The van der Waals surface area contributed by atoms with E-state index in [0.717, 1.165) is 29.0 Å². The lowest BCUT2D eigenvalue weighted by Crippen LogP contribution is -2.09. The summed E-state index contributed by atoms with van der Waals surface area (Å²) in [6, 6.07) is 5.74. The van der Waals surface area contributed by atoms with Crippen LogP contribution in [0.1, 0.15) is 23.6 Å². The van der Waals surface area contributed by atoms with Gasteiger partial charge < -0.3 is 10.5 Å². The van der Waals surface area contributed by atoms with Crippen molar-refractivity contribution >= 4 is 17.2 Å². The van der Waals surface area contributed by atoms with Crippen LogP contribution in [0.3, 0.4) is 0 Å². The summed E-state index contributed by atoms with van der Waals surface area (Å²) in [5.74, 6) is 0.801. The summed E-state index contributed by atoms with van der Waals surface area (Å²) >= 11 is 4.97. The van der Waals surface area contributed by atoms with Crippen LogP contribution in [0.25, 0.3) is 0 Å². The zero-order valence-electron chi connectivity index (χ0n) is 11.1. The second-order valence-electron chi connectivity index (χ2n) is 4.34. The third-order valence-corrected chi connectivity index (χ3v) is 3.11. The largest absolute Gasteiger partial charge is 0.488 e. The molecule has 2 aromatic rings. The highest BCUT2D eigenvalue weighted by atomic mass is 32.1. The zero-order chi connectivity index (χ0) is 13.8. The van der Waals surface area contributed by atoms with Crippen molar-refractivity contribution in [2.75, 3.05) is 0 Å². The number of aryl methyl sites for hydroxylation is 2. The second kappa shape index (κ2) is 5.84. The van der Waals surface area contributed by atoms with Crippen LogP contribution in [-0.2, 0) is 13.2 Å². The molecule has 0 saturated heterocycles. The normalized spacial score (nSPS) is 10.4. The molecular formula is C14H17N3OS. The summed E-state index contributed by atoms with van der Waals surface area (Å²) in [6.45, 7) is 5.39. The van der Waals surface area contributed by atoms with E-state index in [-0.39, 0.29) is 0 Å². The number of hydrogen-bond acceptors (Lipinski definition) is 3. The Bertz CT molecular complexity index is 592. The Morgan fingerprint density at radius 2 is 2.26 bits per heavy atom. The first-order valence-electron chi connectivity index (χ1n) is 6.14. The fraction of sp³-hybridized carbons (Fsp3) is 0.286. The average molecular weight is 275 g/mol. The van der Waals surface area contributed by atoms with Crippen LogP contribution in [0, 0.1) is 6.92 Å². The monoisotopic (exact) mass is 275 g/mol. The van der Waals surface area contributed by atoms with Crippen LogP contribution in [-0.4, -0.2) is 14.8 Å². The third kappa shape index (κ3) is 3.32. The topological polar surface area (TPSA) is 53.1 Å². The zero-order valence-corrected chi connectivity index (χ0v) is 11.9. The number of nitrogens with zero attached hydrogens (tertiary/aromatic N) is 2. The van der Waals surface area contributed by atoms with Crippen LogP contribution in [0.15, 0.2) is 30.6 Å². The van der Waals surface area contributed by atoms with Crippen molar-refractivity contribution in [2.24, 2.45) is 5.73 Å². The maximum Gasteiger partial charge on any atom is 0.123 e. The van der Waals surface area contributed by atoms with Crippen molar-refractivity contribution in [1.29, 1.82) is 0 Å². The molecule has 0 radical (unpaired) electrons. The molecule has 2 rings (SSSR count). The molecule has 0 aliphatic rings. The molecule has 0 unspecified atom stereocenters. The van der Waals surface area contributed by atoms with Gasteiger partial charge in [0.25, 0.3) is 0 Å². The molecule has 0 atom stereocenters. The first kappa shape index (κ1) is 13.5. The smallest absolute Gasteiger partial charge is 0.123 e. The summed E-state index contributed by atoms with van der Waals surface area (Å²) in [6.07, 6.45) is 3.79. The number of hydrogen-bond donors (Lipinski definition) is 1. The first-order valence-corrected chi connectivity index (χ1v) is 6.55. The van der Waals surface area contributed by atoms with E-state index >= 15 is 0 Å². The molecule has 0 aliphatic heterocycles. The van der Waals surface area contributed by atoms with E-state index in [2.05, 4.69) is 5.10 Å². The molecule has 0 bridgehead atoms. The molecule has 0 fully saturated rings. The van der Waals surface area contributed by atoms with E-state index in [0.29, 0.717) is 11.6 Å². The average Bonchev–Trinajstić information content (AvgIpc) is 2.85. The fourth-order valence-electron chi connectivity index (χ4n) is 1.72. The summed E-state index contributed by atoms with van der Waals surface area (Å²) in [4.78, 5) is 0.378. The van der Waals surface area contributed by atoms with Gasteiger partial charge in [0.05, 0.1) is 6.20 Å². The van der Waals surface area contributed by atoms with E-state index in [4.69, 9.17) is 22.7 Å². The SMILES string of the molecule is CCn1cc(COc2cc(C(N)=S)ccc2C)cn1. The van der Waals surface area contributed by atoms with Gasteiger partial charge in [-0.2, -0.15) is 5.10 Å². The minimum absolute atomic E-state index is 0.378. The minimum Gasteiger partial charge on any atom is -0.488 e. The number of thiocarbonyl (C=S) groups is 1. The van der Waals surface area contributed by atoms with E-state index in [1.54, 1.807) is 0 Å². The number of nitrogens with two attached hydrogens (primary N) is 1. The lowest BCUT2D eigenvalue weighted by atomic mass is 10.1. The van der Waals surface area contributed by atoms with E-state index < -0.39 is 0 Å². The summed E-state index contributed by atoms with van der Waals surface area (Å²) in [5, 5.41) is 4.21. The van der Waals surface area contributed by atoms with Crippen LogP contribution < -0.4 is 10.5 Å². The Labute approximate surface area is 118 Å². The van der Waals surface area contributed by atoms with Crippen LogP contribution in [0.2, 0.25) is 0 Å². The van der Waals surface area contributed by atoms with Gasteiger partial charge >= 0.3 is 0 Å². The molecule has 100 valence electrons. The number of ether oxygens (including phenoxy) is 1. The standard InChI is InChI=1S/C14H17N3OS/c1-3-17-8-11(7-16-17)9-18-13-6-12(14(15)19)5-4-10(13)2/h4-8H,3,9H2,1-2H3,(H2,15,19). The van der Waals surface area contributed by atoms with Gasteiger partial charge in [-0.1, -0.05) is 24.4 Å². The van der Waals surface area contributed by atoms with Gasteiger partial charge in [0, 0.05) is 23.9 Å². The summed E-state index contributed by atoms with van der Waals surface area (Å²) in [5.41, 5.74) is 8.54. The molecular weight excluding hydrogens is 258 g/mol. The molecule has 0 saturated carbocycles. The maximum atomic E-state index is 5.80. The number of benzene rings is 1. The molecule has 5 heteroatoms. The van der Waals surface area contributed by atoms with E-state index in [1.165, 1.54) is 0 Å². The molecule has 0 aliphatic carbocycles. The van der Waals surface area contributed by atoms with Crippen LogP contribution in [0.4, 0.5) is 0 Å². The summed E-state index contributed by atoms with van der Waals surface area (Å²) < 4.78 is 7.67. The third-order valence-electron chi connectivity index (χ3n) is 2.88. The van der Waals surface area contributed by atoms with Gasteiger partial charge in [0.15, 0.2) is 0 Å². The Balaban J connectivity index is 2.10.